The lowest BCUT2D eigenvalue weighted by molar-refractivity contribution is 0.201. The summed E-state index contributed by atoms with van der Waals surface area (Å²) < 4.78 is 19.3. The number of nitrogens with zero attached hydrogens (tertiary/aromatic N) is 1. The highest BCUT2D eigenvalue weighted by molar-refractivity contribution is 9.10. The van der Waals surface area contributed by atoms with Crippen LogP contribution in [-0.2, 0) is 13.1 Å². The minimum Gasteiger partial charge on any atom is -0.467 e. The third kappa shape index (κ3) is 4.70. The smallest absolute Gasteiger partial charge is 0.322 e. The molecule has 128 valence electrons. The number of benzene rings is 2. The largest absolute Gasteiger partial charge is 0.467 e. The highest BCUT2D eigenvalue weighted by Crippen LogP contribution is 2.22. The molecule has 0 fully saturated rings. The van der Waals surface area contributed by atoms with Crippen LogP contribution in [0.2, 0.25) is 0 Å². The van der Waals surface area contributed by atoms with E-state index in [9.17, 15) is 9.18 Å². The number of anilines is 1. The number of urea groups is 1. The Morgan fingerprint density at radius 3 is 2.48 bits per heavy atom. The lowest BCUT2D eigenvalue weighted by Gasteiger charge is -2.22. The molecule has 2 amide bonds. The van der Waals surface area contributed by atoms with Crippen LogP contribution in [0.4, 0.5) is 14.9 Å². The first-order valence-electron chi connectivity index (χ1n) is 7.69. The Hall–Kier alpha value is -2.60. The van der Waals surface area contributed by atoms with Gasteiger partial charge in [0.15, 0.2) is 0 Å². The lowest BCUT2D eigenvalue weighted by atomic mass is 10.2. The second kappa shape index (κ2) is 7.98. The monoisotopic (exact) mass is 402 g/mol. The van der Waals surface area contributed by atoms with Gasteiger partial charge in [-0.1, -0.05) is 24.3 Å². The van der Waals surface area contributed by atoms with E-state index in [1.807, 2.05) is 30.3 Å². The number of rotatable bonds is 5. The van der Waals surface area contributed by atoms with Crippen LogP contribution in [0.3, 0.4) is 0 Å². The Morgan fingerprint density at radius 2 is 1.80 bits per heavy atom. The van der Waals surface area contributed by atoms with Gasteiger partial charge in [0.25, 0.3) is 0 Å². The quantitative estimate of drug-likeness (QED) is 0.619. The summed E-state index contributed by atoms with van der Waals surface area (Å²) in [4.78, 5) is 14.3. The van der Waals surface area contributed by atoms with Gasteiger partial charge in [-0.25, -0.2) is 9.18 Å². The molecule has 1 N–H and O–H groups in total. The molecule has 0 saturated heterocycles. The zero-order valence-electron chi connectivity index (χ0n) is 13.3. The van der Waals surface area contributed by atoms with Crippen molar-refractivity contribution in [2.75, 3.05) is 5.32 Å². The zero-order chi connectivity index (χ0) is 17.6. The lowest BCUT2D eigenvalue weighted by Crippen LogP contribution is -2.34. The van der Waals surface area contributed by atoms with Crippen LogP contribution in [0.15, 0.2) is 75.8 Å². The first-order chi connectivity index (χ1) is 12.1. The third-order valence-electron chi connectivity index (χ3n) is 3.62. The number of furan rings is 1. The molecule has 25 heavy (non-hydrogen) atoms. The van der Waals surface area contributed by atoms with E-state index in [1.54, 1.807) is 29.4 Å². The number of hydrogen-bond donors (Lipinski definition) is 1. The highest BCUT2D eigenvalue weighted by atomic mass is 79.9. The molecule has 0 spiro atoms. The molecule has 4 nitrogen and oxygen atoms in total. The third-order valence-corrected chi connectivity index (χ3v) is 4.31. The molecule has 2 aromatic carbocycles. The maximum Gasteiger partial charge on any atom is 0.322 e. The average Bonchev–Trinajstić information content (AvgIpc) is 3.11. The molecule has 0 unspecified atom stereocenters. The van der Waals surface area contributed by atoms with Crippen molar-refractivity contribution in [1.29, 1.82) is 0 Å². The molecule has 0 bridgehead atoms. The number of hydrogen-bond acceptors (Lipinski definition) is 2. The van der Waals surface area contributed by atoms with Crippen molar-refractivity contribution >= 4 is 27.6 Å². The van der Waals surface area contributed by atoms with Crippen LogP contribution >= 0.6 is 15.9 Å². The first kappa shape index (κ1) is 17.2. The molecule has 0 aliphatic rings. The van der Waals surface area contributed by atoms with Gasteiger partial charge in [0.1, 0.15) is 11.6 Å². The van der Waals surface area contributed by atoms with Gasteiger partial charge in [0.05, 0.1) is 18.5 Å². The Kier molecular flexibility index (Phi) is 5.50. The molecule has 0 atom stereocenters. The van der Waals surface area contributed by atoms with Crippen molar-refractivity contribution in [2.24, 2.45) is 0 Å². The van der Waals surface area contributed by atoms with Crippen LogP contribution in [0, 0.1) is 5.82 Å². The summed E-state index contributed by atoms with van der Waals surface area (Å²) >= 11 is 3.42. The van der Waals surface area contributed by atoms with E-state index in [4.69, 9.17) is 4.42 Å². The van der Waals surface area contributed by atoms with Crippen LogP contribution in [0.1, 0.15) is 11.3 Å². The van der Waals surface area contributed by atoms with E-state index in [1.165, 1.54) is 12.1 Å². The van der Waals surface area contributed by atoms with Crippen LogP contribution in [-0.4, -0.2) is 10.9 Å². The number of nitrogens with one attached hydrogen (secondary N) is 1. The Labute approximate surface area is 153 Å². The molecule has 3 rings (SSSR count). The fraction of sp³-hybridized carbons (Fsp3) is 0.105. The van der Waals surface area contributed by atoms with E-state index >= 15 is 0 Å². The van der Waals surface area contributed by atoms with E-state index in [-0.39, 0.29) is 11.8 Å². The van der Waals surface area contributed by atoms with Gasteiger partial charge in [0.2, 0.25) is 0 Å². The second-order valence-corrected chi connectivity index (χ2v) is 6.33. The molecule has 0 aliphatic heterocycles. The Bertz CT molecular complexity index is 835. The fourth-order valence-electron chi connectivity index (χ4n) is 2.36. The molecule has 6 heteroatoms. The van der Waals surface area contributed by atoms with Crippen LogP contribution in [0.25, 0.3) is 0 Å². The Morgan fingerprint density at radius 1 is 1.04 bits per heavy atom. The predicted octanol–water partition coefficient (Wildman–Crippen LogP) is 5.42. The van der Waals surface area contributed by atoms with Crippen molar-refractivity contribution < 1.29 is 13.6 Å². The van der Waals surface area contributed by atoms with Crippen molar-refractivity contribution in [1.82, 2.24) is 4.90 Å². The molecule has 0 radical (unpaired) electrons. The van der Waals surface area contributed by atoms with E-state index in [0.29, 0.717) is 24.5 Å². The van der Waals surface area contributed by atoms with Crippen LogP contribution < -0.4 is 5.32 Å². The van der Waals surface area contributed by atoms with Crippen molar-refractivity contribution in [3.8, 4) is 0 Å². The number of carbonyl (C=O) groups excluding carboxylic acids is 1. The standard InChI is InChI=1S/C19H16BrFN2O2/c20-17-5-1-2-6-18(17)22-19(24)23(13-16-4-3-11-25-16)12-14-7-9-15(21)10-8-14/h1-11H,12-13H2,(H,22,24). The van der Waals surface area contributed by atoms with Crippen molar-refractivity contribution in [3.05, 3.63) is 88.5 Å². The second-order valence-electron chi connectivity index (χ2n) is 5.47. The minimum atomic E-state index is -0.306. The summed E-state index contributed by atoms with van der Waals surface area (Å²) in [7, 11) is 0. The van der Waals surface area contributed by atoms with Gasteiger partial charge in [-0.3, -0.25) is 0 Å². The van der Waals surface area contributed by atoms with E-state index in [2.05, 4.69) is 21.2 Å². The predicted molar refractivity (Wildman–Crippen MR) is 97.5 cm³/mol. The number of para-hydroxylation sites is 1. The van der Waals surface area contributed by atoms with Gasteiger partial charge in [-0.05, 0) is 57.9 Å². The van der Waals surface area contributed by atoms with Gasteiger partial charge in [0, 0.05) is 11.0 Å². The number of halogens is 2. The summed E-state index contributed by atoms with van der Waals surface area (Å²) in [5.74, 6) is 0.364. The van der Waals surface area contributed by atoms with Gasteiger partial charge >= 0.3 is 6.03 Å². The van der Waals surface area contributed by atoms with Gasteiger partial charge < -0.3 is 14.6 Å². The van der Waals surface area contributed by atoms with E-state index < -0.39 is 0 Å². The van der Waals surface area contributed by atoms with Crippen molar-refractivity contribution in [3.63, 3.8) is 0 Å². The molecule has 1 heterocycles. The maximum atomic E-state index is 13.1. The summed E-state index contributed by atoms with van der Waals surface area (Å²) in [6, 6.07) is 16.8. The molecule has 3 aromatic rings. The van der Waals surface area contributed by atoms with E-state index in [0.717, 1.165) is 10.0 Å². The normalized spacial score (nSPS) is 10.5. The summed E-state index contributed by atoms with van der Waals surface area (Å²) in [6.07, 6.45) is 1.57. The maximum absolute atomic E-state index is 13.1. The minimum absolute atomic E-state index is 0.271. The molecule has 1 aromatic heterocycles. The SMILES string of the molecule is O=C(Nc1ccccc1Br)N(Cc1ccc(F)cc1)Cc1ccco1. The Balaban J connectivity index is 1.78. The first-order valence-corrected chi connectivity index (χ1v) is 8.48. The summed E-state index contributed by atoms with van der Waals surface area (Å²) in [6.45, 7) is 0.637. The molecular formula is C19H16BrFN2O2. The summed E-state index contributed by atoms with van der Waals surface area (Å²) in [5, 5.41) is 2.88. The van der Waals surface area contributed by atoms with Crippen molar-refractivity contribution in [2.45, 2.75) is 13.1 Å². The van der Waals surface area contributed by atoms with Gasteiger partial charge in [-0.2, -0.15) is 0 Å². The topological polar surface area (TPSA) is 45.5 Å². The average molecular weight is 403 g/mol. The highest BCUT2D eigenvalue weighted by Gasteiger charge is 2.17. The van der Waals surface area contributed by atoms with Crippen LogP contribution in [0.5, 0.6) is 0 Å². The number of carbonyl (C=O) groups is 1. The molecule has 0 aliphatic carbocycles. The summed E-state index contributed by atoms with van der Waals surface area (Å²) in [5.41, 5.74) is 1.51. The zero-order valence-corrected chi connectivity index (χ0v) is 14.9. The fourth-order valence-corrected chi connectivity index (χ4v) is 2.74. The van der Waals surface area contributed by atoms with Gasteiger partial charge in [-0.15, -0.1) is 0 Å². The number of amides is 2. The molecule has 0 saturated carbocycles. The molecular weight excluding hydrogens is 387 g/mol.